The Hall–Kier alpha value is -2.50. The molecule has 6 heteroatoms. The molecular formula is C23H37N5O. The number of aliphatic imine (C=N–C) groups is 1. The van der Waals surface area contributed by atoms with Crippen LogP contribution in [0.1, 0.15) is 50.2 Å². The van der Waals surface area contributed by atoms with Crippen LogP contribution in [-0.2, 0) is 19.0 Å². The molecular weight excluding hydrogens is 362 g/mol. The van der Waals surface area contributed by atoms with Crippen LogP contribution in [0.3, 0.4) is 0 Å². The minimum atomic E-state index is -0.0473. The summed E-state index contributed by atoms with van der Waals surface area (Å²) in [7, 11) is 3.77. The molecule has 0 aliphatic heterocycles. The van der Waals surface area contributed by atoms with Crippen LogP contribution in [0.5, 0.6) is 5.75 Å². The average molecular weight is 400 g/mol. The Kier molecular flexibility index (Phi) is 7.71. The van der Waals surface area contributed by atoms with Gasteiger partial charge in [-0.1, -0.05) is 39.8 Å². The minimum Gasteiger partial charge on any atom is -0.493 e. The molecule has 0 saturated heterocycles. The smallest absolute Gasteiger partial charge is 0.191 e. The highest BCUT2D eigenvalue weighted by Gasteiger charge is 2.21. The van der Waals surface area contributed by atoms with Crippen LogP contribution in [-0.4, -0.2) is 35.9 Å². The summed E-state index contributed by atoms with van der Waals surface area (Å²) in [6.45, 7) is 15.1. The summed E-state index contributed by atoms with van der Waals surface area (Å²) < 4.78 is 7.71. The van der Waals surface area contributed by atoms with Crippen LogP contribution < -0.4 is 15.4 Å². The van der Waals surface area contributed by atoms with Crippen molar-refractivity contribution < 1.29 is 4.74 Å². The van der Waals surface area contributed by atoms with E-state index < -0.39 is 0 Å². The molecule has 0 bridgehead atoms. The number of aromatic nitrogens is 2. The first-order valence-electron chi connectivity index (χ1n) is 10.3. The fourth-order valence-electron chi connectivity index (χ4n) is 3.14. The van der Waals surface area contributed by atoms with Gasteiger partial charge in [-0.15, -0.1) is 0 Å². The van der Waals surface area contributed by atoms with Gasteiger partial charge in [-0.25, -0.2) is 0 Å². The molecule has 2 aromatic rings. The fraction of sp³-hybridized carbons (Fsp3) is 0.565. The first kappa shape index (κ1) is 22.8. The summed E-state index contributed by atoms with van der Waals surface area (Å²) >= 11 is 0. The highest BCUT2D eigenvalue weighted by molar-refractivity contribution is 5.79. The Bertz CT molecular complexity index is 819. The number of nitrogens with zero attached hydrogens (tertiary/aromatic N) is 3. The van der Waals surface area contributed by atoms with Gasteiger partial charge in [0.05, 0.1) is 12.3 Å². The predicted molar refractivity (Wildman–Crippen MR) is 121 cm³/mol. The Morgan fingerprint density at radius 3 is 2.34 bits per heavy atom. The van der Waals surface area contributed by atoms with E-state index in [9.17, 15) is 0 Å². The molecule has 2 N–H and O–H groups in total. The van der Waals surface area contributed by atoms with E-state index in [1.165, 1.54) is 16.8 Å². The molecule has 29 heavy (non-hydrogen) atoms. The number of hydrogen-bond acceptors (Lipinski definition) is 3. The molecule has 0 spiro atoms. The summed E-state index contributed by atoms with van der Waals surface area (Å²) in [6.07, 6.45) is 0. The van der Waals surface area contributed by atoms with Crippen molar-refractivity contribution in [2.45, 2.75) is 53.5 Å². The third-order valence-electron chi connectivity index (χ3n) is 5.23. The van der Waals surface area contributed by atoms with E-state index in [1.54, 1.807) is 7.05 Å². The summed E-state index contributed by atoms with van der Waals surface area (Å²) in [5.41, 5.74) is 4.65. The summed E-state index contributed by atoms with van der Waals surface area (Å²) in [6, 6.07) is 8.41. The molecule has 1 heterocycles. The molecule has 1 aromatic heterocycles. The quantitative estimate of drug-likeness (QED) is 0.525. The maximum Gasteiger partial charge on any atom is 0.191 e. The third-order valence-corrected chi connectivity index (χ3v) is 5.23. The van der Waals surface area contributed by atoms with Crippen LogP contribution in [0.15, 0.2) is 29.3 Å². The van der Waals surface area contributed by atoms with E-state index in [1.807, 2.05) is 18.7 Å². The molecule has 0 amide bonds. The zero-order chi connectivity index (χ0) is 21.6. The van der Waals surface area contributed by atoms with Gasteiger partial charge in [-0.05, 0) is 37.5 Å². The van der Waals surface area contributed by atoms with Crippen LogP contribution >= 0.6 is 0 Å². The van der Waals surface area contributed by atoms with Gasteiger partial charge >= 0.3 is 0 Å². The third kappa shape index (κ3) is 6.24. The highest BCUT2D eigenvalue weighted by atomic mass is 16.5. The Balaban J connectivity index is 1.93. The second-order valence-electron chi connectivity index (χ2n) is 8.67. The van der Waals surface area contributed by atoms with Crippen molar-refractivity contribution in [3.63, 3.8) is 0 Å². The SMILES string of the molecule is CN=C(NCc1c(C)nn(C)c1C)NCC(C)(C)c1ccc(OCC(C)C)cc1. The van der Waals surface area contributed by atoms with Gasteiger partial charge in [0.25, 0.3) is 0 Å². The normalized spacial score (nSPS) is 12.4. The number of guanidine groups is 1. The number of benzene rings is 1. The molecule has 6 nitrogen and oxygen atoms in total. The molecule has 0 saturated carbocycles. The van der Waals surface area contributed by atoms with Gasteiger partial charge in [0.1, 0.15) is 5.75 Å². The van der Waals surface area contributed by atoms with Crippen LogP contribution in [0.4, 0.5) is 0 Å². The fourth-order valence-corrected chi connectivity index (χ4v) is 3.14. The van der Waals surface area contributed by atoms with E-state index in [2.05, 4.69) is 79.6 Å². The summed E-state index contributed by atoms with van der Waals surface area (Å²) in [5, 5.41) is 11.3. The lowest BCUT2D eigenvalue weighted by Crippen LogP contribution is -2.43. The van der Waals surface area contributed by atoms with Gasteiger partial charge in [-0.3, -0.25) is 9.67 Å². The average Bonchev–Trinajstić information content (AvgIpc) is 2.92. The van der Waals surface area contributed by atoms with Crippen LogP contribution in [0, 0.1) is 19.8 Å². The summed E-state index contributed by atoms with van der Waals surface area (Å²) in [5.74, 6) is 2.23. The molecule has 0 radical (unpaired) electrons. The van der Waals surface area contributed by atoms with Crippen molar-refractivity contribution in [1.82, 2.24) is 20.4 Å². The Morgan fingerprint density at radius 2 is 1.83 bits per heavy atom. The van der Waals surface area contributed by atoms with Gasteiger partial charge in [0, 0.05) is 43.9 Å². The molecule has 0 aliphatic rings. The second-order valence-corrected chi connectivity index (χ2v) is 8.67. The Labute approximate surface area is 175 Å². The zero-order valence-corrected chi connectivity index (χ0v) is 19.3. The number of nitrogens with one attached hydrogen (secondary N) is 2. The molecule has 0 unspecified atom stereocenters. The number of ether oxygens (including phenoxy) is 1. The van der Waals surface area contributed by atoms with Crippen LogP contribution in [0.2, 0.25) is 0 Å². The lowest BCUT2D eigenvalue weighted by Gasteiger charge is -2.27. The van der Waals surface area contributed by atoms with E-state index in [0.29, 0.717) is 12.5 Å². The molecule has 0 fully saturated rings. The van der Waals surface area contributed by atoms with Gasteiger partial charge in [0.2, 0.25) is 0 Å². The van der Waals surface area contributed by atoms with E-state index in [-0.39, 0.29) is 5.41 Å². The largest absolute Gasteiger partial charge is 0.493 e. The zero-order valence-electron chi connectivity index (χ0n) is 19.3. The van der Waals surface area contributed by atoms with Gasteiger partial charge < -0.3 is 15.4 Å². The van der Waals surface area contributed by atoms with Crippen molar-refractivity contribution in [3.8, 4) is 5.75 Å². The number of rotatable bonds is 8. The van der Waals surface area contributed by atoms with Crippen molar-refractivity contribution in [3.05, 3.63) is 46.8 Å². The minimum absolute atomic E-state index is 0.0473. The topological polar surface area (TPSA) is 63.5 Å². The Morgan fingerprint density at radius 1 is 1.17 bits per heavy atom. The van der Waals surface area contributed by atoms with Gasteiger partial charge in [0.15, 0.2) is 5.96 Å². The number of aryl methyl sites for hydroxylation is 2. The monoisotopic (exact) mass is 399 g/mol. The van der Waals surface area contributed by atoms with Crippen molar-refractivity contribution in [2.75, 3.05) is 20.2 Å². The summed E-state index contributed by atoms with van der Waals surface area (Å²) in [4.78, 5) is 4.37. The lowest BCUT2D eigenvalue weighted by atomic mass is 9.84. The van der Waals surface area contributed by atoms with Gasteiger partial charge in [-0.2, -0.15) is 5.10 Å². The van der Waals surface area contributed by atoms with Crippen LogP contribution in [0.25, 0.3) is 0 Å². The predicted octanol–water partition coefficient (Wildman–Crippen LogP) is 3.71. The van der Waals surface area contributed by atoms with Crippen molar-refractivity contribution in [2.24, 2.45) is 18.0 Å². The molecule has 160 valence electrons. The van der Waals surface area contributed by atoms with E-state index >= 15 is 0 Å². The molecule has 0 atom stereocenters. The maximum atomic E-state index is 5.79. The highest BCUT2D eigenvalue weighted by Crippen LogP contribution is 2.25. The first-order valence-corrected chi connectivity index (χ1v) is 10.3. The van der Waals surface area contributed by atoms with Crippen molar-refractivity contribution >= 4 is 5.96 Å². The first-order chi connectivity index (χ1) is 13.6. The van der Waals surface area contributed by atoms with E-state index in [4.69, 9.17) is 4.74 Å². The van der Waals surface area contributed by atoms with Crippen molar-refractivity contribution in [1.29, 1.82) is 0 Å². The molecule has 2 rings (SSSR count). The molecule has 0 aliphatic carbocycles. The van der Waals surface area contributed by atoms with E-state index in [0.717, 1.165) is 30.6 Å². The maximum absolute atomic E-state index is 5.79. The molecule has 1 aromatic carbocycles. The number of hydrogen-bond donors (Lipinski definition) is 2. The standard InChI is InChI=1S/C23H37N5O/c1-16(2)14-29-20-11-9-19(10-12-20)23(5,6)15-26-22(24-7)25-13-21-17(3)27-28(8)18(21)4/h9-12,16H,13-15H2,1-8H3,(H2,24,25,26). The second kappa shape index (κ2) is 9.81. The lowest BCUT2D eigenvalue weighted by molar-refractivity contribution is 0.271.